The number of carbonyl (C=O) groups excluding carboxylic acids is 1. The summed E-state index contributed by atoms with van der Waals surface area (Å²) in [6.45, 7) is 7.17. The number of benzene rings is 2. The minimum atomic E-state index is -0.640. The molecule has 0 saturated heterocycles. The van der Waals surface area contributed by atoms with Gasteiger partial charge >= 0.3 is 5.97 Å². The van der Waals surface area contributed by atoms with E-state index in [4.69, 9.17) is 4.74 Å². The Morgan fingerprint density at radius 1 is 1.04 bits per heavy atom. The Hall–Kier alpha value is -2.82. The topological polar surface area (TPSA) is 39.2 Å². The van der Waals surface area contributed by atoms with Gasteiger partial charge in [-0.2, -0.15) is 0 Å². The monoisotopic (exact) mass is 355 g/mol. The molecular weight excluding hydrogens is 336 g/mol. The van der Waals surface area contributed by atoms with E-state index in [-0.39, 0.29) is 12.2 Å². The Balaban J connectivity index is 2.38. The molecule has 0 aliphatic carbocycles. The predicted octanol–water partition coefficient (Wildman–Crippen LogP) is 5.28. The Morgan fingerprint density at radius 3 is 2.31 bits per heavy atom. The van der Waals surface area contributed by atoms with Crippen molar-refractivity contribution in [2.75, 3.05) is 6.61 Å². The number of esters is 1. The van der Waals surface area contributed by atoms with Crippen LogP contribution in [0.4, 0.5) is 8.78 Å². The number of pyridine rings is 1. The fraction of sp³-hybridized carbons (Fsp3) is 0.238. The van der Waals surface area contributed by atoms with E-state index in [1.54, 1.807) is 45.9 Å². The fourth-order valence-electron chi connectivity index (χ4n) is 3.08. The lowest BCUT2D eigenvalue weighted by Gasteiger charge is -2.15. The molecular formula is C21H19F2NO2. The minimum absolute atomic E-state index is 0.107. The Morgan fingerprint density at radius 2 is 1.69 bits per heavy atom. The number of halogens is 2. The summed E-state index contributed by atoms with van der Waals surface area (Å²) in [5.74, 6) is -1.76. The first-order chi connectivity index (χ1) is 12.3. The zero-order valence-corrected chi connectivity index (χ0v) is 15.1. The summed E-state index contributed by atoms with van der Waals surface area (Å²) < 4.78 is 34.4. The molecule has 3 rings (SSSR count). The van der Waals surface area contributed by atoms with Gasteiger partial charge in [-0.3, -0.25) is 4.98 Å². The van der Waals surface area contributed by atoms with Gasteiger partial charge in [0.25, 0.3) is 0 Å². The molecule has 2 aromatic carbocycles. The van der Waals surface area contributed by atoms with E-state index in [1.807, 2.05) is 0 Å². The second kappa shape index (κ2) is 6.83. The average molecular weight is 355 g/mol. The van der Waals surface area contributed by atoms with Crippen LogP contribution in [0.5, 0.6) is 0 Å². The summed E-state index contributed by atoms with van der Waals surface area (Å²) in [5, 5.41) is 0.514. The van der Waals surface area contributed by atoms with Gasteiger partial charge in [-0.1, -0.05) is 0 Å². The van der Waals surface area contributed by atoms with E-state index >= 15 is 0 Å². The van der Waals surface area contributed by atoms with Crippen LogP contribution >= 0.6 is 0 Å². The molecule has 0 aliphatic heterocycles. The molecule has 0 unspecified atom stereocenters. The fourth-order valence-corrected chi connectivity index (χ4v) is 3.08. The van der Waals surface area contributed by atoms with Crippen molar-refractivity contribution in [3.63, 3.8) is 0 Å². The zero-order chi connectivity index (χ0) is 19.0. The number of fused-ring (bicyclic) bond motifs is 1. The molecule has 3 aromatic rings. The van der Waals surface area contributed by atoms with Crippen LogP contribution in [0, 0.1) is 32.4 Å². The predicted molar refractivity (Wildman–Crippen MR) is 97.3 cm³/mol. The summed E-state index contributed by atoms with van der Waals surface area (Å²) in [6, 6.07) is 7.46. The van der Waals surface area contributed by atoms with Crippen molar-refractivity contribution >= 4 is 16.9 Å². The van der Waals surface area contributed by atoms with E-state index in [0.29, 0.717) is 38.9 Å². The van der Waals surface area contributed by atoms with Crippen LogP contribution in [0.3, 0.4) is 0 Å². The van der Waals surface area contributed by atoms with Crippen molar-refractivity contribution in [1.29, 1.82) is 0 Å². The highest BCUT2D eigenvalue weighted by molar-refractivity contribution is 6.01. The molecule has 0 atom stereocenters. The van der Waals surface area contributed by atoms with Gasteiger partial charge in [-0.05, 0) is 69.2 Å². The second-order valence-corrected chi connectivity index (χ2v) is 6.25. The zero-order valence-electron chi connectivity index (χ0n) is 15.1. The Labute approximate surface area is 150 Å². The van der Waals surface area contributed by atoms with Gasteiger partial charge in [0, 0.05) is 16.6 Å². The van der Waals surface area contributed by atoms with E-state index < -0.39 is 17.6 Å². The van der Waals surface area contributed by atoms with Gasteiger partial charge in [0.2, 0.25) is 0 Å². The van der Waals surface area contributed by atoms with Crippen LogP contribution in [0.1, 0.15) is 34.1 Å². The van der Waals surface area contributed by atoms with Crippen molar-refractivity contribution in [3.8, 4) is 11.1 Å². The van der Waals surface area contributed by atoms with Crippen LogP contribution in [-0.4, -0.2) is 17.6 Å². The van der Waals surface area contributed by atoms with Crippen molar-refractivity contribution in [2.24, 2.45) is 0 Å². The van der Waals surface area contributed by atoms with Gasteiger partial charge in [-0.25, -0.2) is 13.6 Å². The summed E-state index contributed by atoms with van der Waals surface area (Å²) in [4.78, 5) is 16.6. The maximum absolute atomic E-state index is 14.7. The number of hydrogen-bond donors (Lipinski definition) is 0. The van der Waals surface area contributed by atoms with E-state index in [2.05, 4.69) is 4.98 Å². The van der Waals surface area contributed by atoms with Crippen LogP contribution in [0.15, 0.2) is 30.3 Å². The van der Waals surface area contributed by atoms with Crippen LogP contribution in [0.2, 0.25) is 0 Å². The molecule has 0 radical (unpaired) electrons. The highest BCUT2D eigenvalue weighted by atomic mass is 19.1. The third-order valence-corrected chi connectivity index (χ3v) is 4.42. The molecule has 0 bridgehead atoms. The molecule has 1 aromatic heterocycles. The SMILES string of the molecule is CCOC(=O)c1ccc2nc(C)c(C)c(-c3c(F)cc(C)cc3F)c2c1. The smallest absolute Gasteiger partial charge is 0.338 e. The van der Waals surface area contributed by atoms with Crippen LogP contribution < -0.4 is 0 Å². The molecule has 0 fully saturated rings. The van der Waals surface area contributed by atoms with Crippen molar-refractivity contribution in [2.45, 2.75) is 27.7 Å². The molecule has 0 saturated carbocycles. The summed E-state index contributed by atoms with van der Waals surface area (Å²) in [7, 11) is 0. The Bertz CT molecular complexity index is 1010. The number of carbonyl (C=O) groups is 1. The van der Waals surface area contributed by atoms with Crippen LogP contribution in [-0.2, 0) is 4.74 Å². The quantitative estimate of drug-likeness (QED) is 0.600. The van der Waals surface area contributed by atoms with Gasteiger partial charge in [0.05, 0.1) is 23.3 Å². The lowest BCUT2D eigenvalue weighted by atomic mass is 9.93. The highest BCUT2D eigenvalue weighted by Gasteiger charge is 2.20. The third kappa shape index (κ3) is 3.05. The second-order valence-electron chi connectivity index (χ2n) is 6.25. The number of rotatable bonds is 3. The summed E-state index contributed by atoms with van der Waals surface area (Å²) in [6.07, 6.45) is 0. The maximum Gasteiger partial charge on any atom is 0.338 e. The number of aryl methyl sites for hydroxylation is 2. The van der Waals surface area contributed by atoms with Gasteiger partial charge in [-0.15, -0.1) is 0 Å². The molecule has 0 amide bonds. The number of hydrogen-bond acceptors (Lipinski definition) is 3. The molecule has 134 valence electrons. The molecule has 1 heterocycles. The van der Waals surface area contributed by atoms with E-state index in [1.165, 1.54) is 12.1 Å². The number of aromatic nitrogens is 1. The largest absolute Gasteiger partial charge is 0.462 e. The van der Waals surface area contributed by atoms with E-state index in [9.17, 15) is 13.6 Å². The molecule has 26 heavy (non-hydrogen) atoms. The average Bonchev–Trinajstić information content (AvgIpc) is 2.57. The number of nitrogens with zero attached hydrogens (tertiary/aromatic N) is 1. The molecule has 0 N–H and O–H groups in total. The van der Waals surface area contributed by atoms with Gasteiger partial charge in [0.1, 0.15) is 11.6 Å². The molecule has 0 aliphatic rings. The van der Waals surface area contributed by atoms with Gasteiger partial charge < -0.3 is 4.74 Å². The normalized spacial score (nSPS) is 11.0. The van der Waals surface area contributed by atoms with Crippen LogP contribution in [0.25, 0.3) is 22.0 Å². The van der Waals surface area contributed by atoms with Crippen molar-refractivity contribution in [3.05, 3.63) is 64.4 Å². The first-order valence-corrected chi connectivity index (χ1v) is 8.37. The number of ether oxygens (including phenoxy) is 1. The van der Waals surface area contributed by atoms with Gasteiger partial charge in [0.15, 0.2) is 0 Å². The maximum atomic E-state index is 14.7. The first kappa shape index (κ1) is 18.0. The Kier molecular flexibility index (Phi) is 4.72. The minimum Gasteiger partial charge on any atom is -0.462 e. The highest BCUT2D eigenvalue weighted by Crippen LogP contribution is 2.36. The van der Waals surface area contributed by atoms with Crippen molar-refractivity contribution in [1.82, 2.24) is 4.98 Å². The standard InChI is InChI=1S/C21H19F2NO2/c1-5-26-21(25)14-6-7-18-15(10-14)19(12(3)13(4)24-18)20-16(22)8-11(2)9-17(20)23/h6-10H,5H2,1-4H3. The molecule has 0 spiro atoms. The van der Waals surface area contributed by atoms with Crippen molar-refractivity contribution < 1.29 is 18.3 Å². The van der Waals surface area contributed by atoms with E-state index in [0.717, 1.165) is 0 Å². The first-order valence-electron chi connectivity index (χ1n) is 8.37. The third-order valence-electron chi connectivity index (χ3n) is 4.42. The lowest BCUT2D eigenvalue weighted by Crippen LogP contribution is -2.05. The molecule has 5 heteroatoms. The summed E-state index contributed by atoms with van der Waals surface area (Å²) in [5.41, 5.74) is 3.03. The summed E-state index contributed by atoms with van der Waals surface area (Å²) >= 11 is 0. The lowest BCUT2D eigenvalue weighted by molar-refractivity contribution is 0.0526. The molecule has 3 nitrogen and oxygen atoms in total.